The first-order valence-corrected chi connectivity index (χ1v) is 11.9. The van der Waals surface area contributed by atoms with E-state index < -0.39 is 10.0 Å². The zero-order valence-corrected chi connectivity index (χ0v) is 20.0. The van der Waals surface area contributed by atoms with Crippen LogP contribution in [-0.2, 0) is 16.6 Å². The zero-order valence-electron chi connectivity index (χ0n) is 19.2. The Morgan fingerprint density at radius 1 is 1.03 bits per heavy atom. The fraction of sp³-hybridized carbons (Fsp3) is 0.208. The van der Waals surface area contributed by atoms with Gasteiger partial charge in [0.25, 0.3) is 5.56 Å². The Kier molecular flexibility index (Phi) is 6.36. The second-order valence-electron chi connectivity index (χ2n) is 7.79. The maximum absolute atomic E-state index is 13.1. The Hall–Kier alpha value is -3.76. The van der Waals surface area contributed by atoms with Crippen LogP contribution in [0.25, 0.3) is 16.9 Å². The zero-order chi connectivity index (χ0) is 24.5. The van der Waals surface area contributed by atoms with Gasteiger partial charge >= 0.3 is 0 Å². The Morgan fingerprint density at radius 2 is 1.76 bits per heavy atom. The average Bonchev–Trinajstić information content (AvgIpc) is 3.16. The van der Waals surface area contributed by atoms with Crippen molar-refractivity contribution in [3.05, 3.63) is 87.5 Å². The number of benzene rings is 2. The summed E-state index contributed by atoms with van der Waals surface area (Å²) >= 11 is 0. The molecular weight excluding hydrogens is 456 g/mol. The van der Waals surface area contributed by atoms with Gasteiger partial charge in [0.1, 0.15) is 17.1 Å². The summed E-state index contributed by atoms with van der Waals surface area (Å²) in [6, 6.07) is 15.1. The van der Waals surface area contributed by atoms with E-state index in [1.807, 2.05) is 0 Å². The lowest BCUT2D eigenvalue weighted by atomic mass is 10.1. The summed E-state index contributed by atoms with van der Waals surface area (Å²) in [6.07, 6.45) is 0. The topological polar surface area (TPSA) is 116 Å². The van der Waals surface area contributed by atoms with E-state index in [0.29, 0.717) is 39.7 Å². The molecule has 0 amide bonds. The van der Waals surface area contributed by atoms with E-state index in [9.17, 15) is 13.2 Å². The molecule has 0 fully saturated rings. The highest BCUT2D eigenvalue weighted by Gasteiger charge is 2.19. The number of aromatic nitrogens is 3. The molecule has 4 aromatic rings. The van der Waals surface area contributed by atoms with Gasteiger partial charge in [0.15, 0.2) is 5.76 Å². The number of rotatable bonds is 7. The van der Waals surface area contributed by atoms with Crippen molar-refractivity contribution in [1.82, 2.24) is 19.7 Å². The van der Waals surface area contributed by atoms with E-state index in [-0.39, 0.29) is 17.0 Å². The van der Waals surface area contributed by atoms with Crippen molar-refractivity contribution < 1.29 is 17.7 Å². The lowest BCUT2D eigenvalue weighted by Gasteiger charge is -2.12. The SMILES string of the molecule is COc1ccc(CNS(=O)(=O)c2cc(-c3ccc(=O)n(-c4c(C)noc4C)n3)ccc2C)cc1. The summed E-state index contributed by atoms with van der Waals surface area (Å²) in [5.41, 5.74) is 3.02. The number of nitrogens with zero attached hydrogens (tertiary/aromatic N) is 3. The van der Waals surface area contributed by atoms with Gasteiger partial charge in [-0.1, -0.05) is 29.4 Å². The molecule has 0 aliphatic heterocycles. The molecule has 0 aliphatic rings. The van der Waals surface area contributed by atoms with Gasteiger partial charge in [0.05, 0.1) is 17.7 Å². The predicted octanol–water partition coefficient (Wildman–Crippen LogP) is 3.30. The van der Waals surface area contributed by atoms with Crippen molar-refractivity contribution >= 4 is 10.0 Å². The van der Waals surface area contributed by atoms with Gasteiger partial charge in [-0.05, 0) is 56.2 Å². The number of aryl methyl sites for hydroxylation is 3. The Balaban J connectivity index is 1.67. The van der Waals surface area contributed by atoms with E-state index in [1.54, 1.807) is 76.4 Å². The molecule has 2 heterocycles. The van der Waals surface area contributed by atoms with Crippen LogP contribution in [0.3, 0.4) is 0 Å². The number of hydrogen-bond donors (Lipinski definition) is 1. The highest BCUT2D eigenvalue weighted by Crippen LogP contribution is 2.25. The monoisotopic (exact) mass is 480 g/mol. The van der Waals surface area contributed by atoms with Crippen LogP contribution >= 0.6 is 0 Å². The van der Waals surface area contributed by atoms with Crippen LogP contribution in [0, 0.1) is 20.8 Å². The number of nitrogens with one attached hydrogen (secondary N) is 1. The number of hydrogen-bond acceptors (Lipinski definition) is 7. The lowest BCUT2D eigenvalue weighted by molar-refractivity contribution is 0.392. The maximum Gasteiger partial charge on any atom is 0.271 e. The first-order valence-electron chi connectivity index (χ1n) is 10.5. The maximum atomic E-state index is 13.1. The summed E-state index contributed by atoms with van der Waals surface area (Å²) in [6.45, 7) is 5.27. The van der Waals surface area contributed by atoms with Gasteiger partial charge < -0.3 is 9.26 Å². The molecule has 34 heavy (non-hydrogen) atoms. The molecular formula is C24H24N4O5S. The van der Waals surface area contributed by atoms with Crippen molar-refractivity contribution in [2.45, 2.75) is 32.2 Å². The molecule has 0 saturated heterocycles. The molecule has 9 nitrogen and oxygen atoms in total. The fourth-order valence-corrected chi connectivity index (χ4v) is 4.84. The third kappa shape index (κ3) is 4.63. The van der Waals surface area contributed by atoms with Crippen LogP contribution in [0.15, 0.2) is 68.8 Å². The summed E-state index contributed by atoms with van der Waals surface area (Å²) in [5.74, 6) is 1.15. The normalized spacial score (nSPS) is 11.5. The molecule has 0 atom stereocenters. The molecule has 0 bridgehead atoms. The first-order chi connectivity index (χ1) is 16.2. The second kappa shape index (κ2) is 9.24. The summed E-state index contributed by atoms with van der Waals surface area (Å²) in [5, 5.41) is 8.33. The summed E-state index contributed by atoms with van der Waals surface area (Å²) in [4.78, 5) is 12.6. The first kappa shape index (κ1) is 23.4. The Labute approximate surface area is 197 Å². The number of methoxy groups -OCH3 is 1. The third-order valence-electron chi connectivity index (χ3n) is 5.41. The minimum absolute atomic E-state index is 0.130. The van der Waals surface area contributed by atoms with E-state index in [0.717, 1.165) is 5.56 Å². The van der Waals surface area contributed by atoms with Crippen molar-refractivity contribution in [1.29, 1.82) is 0 Å². The van der Waals surface area contributed by atoms with Gasteiger partial charge in [-0.25, -0.2) is 13.1 Å². The van der Waals surface area contributed by atoms with Crippen molar-refractivity contribution in [3.63, 3.8) is 0 Å². The number of sulfonamides is 1. The molecule has 4 rings (SSSR count). The molecule has 2 aromatic heterocycles. The molecule has 10 heteroatoms. The van der Waals surface area contributed by atoms with Crippen molar-refractivity contribution in [2.75, 3.05) is 7.11 Å². The summed E-state index contributed by atoms with van der Waals surface area (Å²) in [7, 11) is -2.24. The lowest BCUT2D eigenvalue weighted by Crippen LogP contribution is -2.24. The minimum Gasteiger partial charge on any atom is -0.497 e. The molecule has 176 valence electrons. The third-order valence-corrected chi connectivity index (χ3v) is 6.95. The molecule has 1 N–H and O–H groups in total. The second-order valence-corrected chi connectivity index (χ2v) is 9.53. The largest absolute Gasteiger partial charge is 0.497 e. The van der Waals surface area contributed by atoms with Gasteiger partial charge in [-0.15, -0.1) is 0 Å². The predicted molar refractivity (Wildman–Crippen MR) is 127 cm³/mol. The van der Waals surface area contributed by atoms with Crippen LogP contribution in [0.4, 0.5) is 0 Å². The van der Waals surface area contributed by atoms with Crippen LogP contribution in [0.5, 0.6) is 5.75 Å². The van der Waals surface area contributed by atoms with Crippen LogP contribution in [0.1, 0.15) is 22.6 Å². The molecule has 0 saturated carbocycles. The minimum atomic E-state index is -3.81. The van der Waals surface area contributed by atoms with Gasteiger partial charge in [-0.3, -0.25) is 4.79 Å². The van der Waals surface area contributed by atoms with Gasteiger partial charge in [0, 0.05) is 18.2 Å². The van der Waals surface area contributed by atoms with E-state index >= 15 is 0 Å². The van der Waals surface area contributed by atoms with Gasteiger partial charge in [-0.2, -0.15) is 9.78 Å². The standard InChI is InChI=1S/C24H24N4O5S/c1-15-5-8-19(21-11-12-23(29)28(26-21)24-16(2)27-33-17(24)3)13-22(15)34(30,31)25-14-18-6-9-20(32-4)10-7-18/h5-13,25H,14H2,1-4H3. The van der Waals surface area contributed by atoms with Crippen LogP contribution in [0.2, 0.25) is 0 Å². The molecule has 0 radical (unpaired) electrons. The van der Waals surface area contributed by atoms with Gasteiger partial charge in [0.2, 0.25) is 10.0 Å². The fourth-order valence-electron chi connectivity index (χ4n) is 3.55. The Morgan fingerprint density at radius 3 is 2.41 bits per heavy atom. The van der Waals surface area contributed by atoms with E-state index in [2.05, 4.69) is 15.0 Å². The smallest absolute Gasteiger partial charge is 0.271 e. The highest BCUT2D eigenvalue weighted by molar-refractivity contribution is 7.89. The molecule has 0 spiro atoms. The van der Waals surface area contributed by atoms with E-state index in [4.69, 9.17) is 9.26 Å². The molecule has 0 unspecified atom stereocenters. The highest BCUT2D eigenvalue weighted by atomic mass is 32.2. The summed E-state index contributed by atoms with van der Waals surface area (Å²) < 4.78 is 40.3. The Bertz CT molecular complexity index is 1490. The number of ether oxygens (including phenoxy) is 1. The van der Waals surface area contributed by atoms with E-state index in [1.165, 1.54) is 10.7 Å². The quantitative estimate of drug-likeness (QED) is 0.431. The van der Waals surface area contributed by atoms with Crippen LogP contribution < -0.4 is 15.0 Å². The molecule has 2 aromatic carbocycles. The molecule has 0 aliphatic carbocycles. The van der Waals surface area contributed by atoms with Crippen molar-refractivity contribution in [3.8, 4) is 22.7 Å². The average molecular weight is 481 g/mol. The van der Waals surface area contributed by atoms with Crippen LogP contribution in [-0.4, -0.2) is 30.5 Å². The van der Waals surface area contributed by atoms with Crippen molar-refractivity contribution in [2.24, 2.45) is 0 Å².